The first-order valence-corrected chi connectivity index (χ1v) is 7.58. The number of carbonyl (C=O) groups is 2. The van der Waals surface area contributed by atoms with E-state index in [2.05, 4.69) is 9.97 Å². The number of carboxylic acids is 1. The predicted octanol–water partition coefficient (Wildman–Crippen LogP) is 1.06. The van der Waals surface area contributed by atoms with Crippen LogP contribution in [0.1, 0.15) is 36.2 Å². The molecule has 0 radical (unpaired) electrons. The van der Waals surface area contributed by atoms with Gasteiger partial charge in [0.2, 0.25) is 0 Å². The number of hydrogen-bond donors (Lipinski definition) is 4. The molecule has 2 aromatic rings. The number of primary amides is 1. The van der Waals surface area contributed by atoms with Crippen LogP contribution in [-0.4, -0.2) is 32.2 Å². The Morgan fingerprint density at radius 2 is 1.92 bits per heavy atom. The minimum absolute atomic E-state index is 0.0631. The van der Waals surface area contributed by atoms with Crippen LogP contribution in [0.5, 0.6) is 5.75 Å². The van der Waals surface area contributed by atoms with Crippen molar-refractivity contribution in [2.75, 3.05) is 4.90 Å². The van der Waals surface area contributed by atoms with Crippen LogP contribution in [0.4, 0.5) is 10.5 Å². The number of rotatable bonds is 5. The topological polar surface area (TPSA) is 150 Å². The first-order valence-electron chi connectivity index (χ1n) is 7.58. The zero-order valence-electron chi connectivity index (χ0n) is 13.0. The molecule has 1 aromatic heterocycles. The number of phenolic OH excluding ortho intramolecular Hbond substituents is 1. The molecule has 25 heavy (non-hydrogen) atoms. The Balaban J connectivity index is 2.06. The highest BCUT2D eigenvalue weighted by molar-refractivity contribution is 5.97. The SMILES string of the molecule is NC(=O)N(c1cnc(C2CC2)[nH]c1=O)C(C(=O)O)c1ccc(O)cc1. The van der Waals surface area contributed by atoms with Gasteiger partial charge >= 0.3 is 12.0 Å². The molecule has 1 saturated carbocycles. The van der Waals surface area contributed by atoms with Crippen LogP contribution in [0.15, 0.2) is 35.3 Å². The molecule has 0 aliphatic heterocycles. The van der Waals surface area contributed by atoms with Gasteiger partial charge in [0.05, 0.1) is 6.20 Å². The van der Waals surface area contributed by atoms with Gasteiger partial charge in [-0.1, -0.05) is 12.1 Å². The molecular weight excluding hydrogens is 328 g/mol. The second kappa shape index (κ2) is 6.27. The molecule has 0 saturated heterocycles. The zero-order valence-corrected chi connectivity index (χ0v) is 13.0. The second-order valence-corrected chi connectivity index (χ2v) is 5.80. The quantitative estimate of drug-likeness (QED) is 0.637. The number of anilines is 1. The van der Waals surface area contributed by atoms with Crippen molar-refractivity contribution in [3.05, 3.63) is 52.2 Å². The maximum atomic E-state index is 12.4. The Morgan fingerprint density at radius 1 is 1.28 bits per heavy atom. The summed E-state index contributed by atoms with van der Waals surface area (Å²) in [5.74, 6) is -0.743. The Morgan fingerprint density at radius 3 is 2.40 bits per heavy atom. The van der Waals surface area contributed by atoms with E-state index in [-0.39, 0.29) is 22.9 Å². The number of carbonyl (C=O) groups excluding carboxylic acids is 1. The van der Waals surface area contributed by atoms with Gasteiger partial charge in [-0.05, 0) is 30.5 Å². The minimum atomic E-state index is -1.53. The van der Waals surface area contributed by atoms with Gasteiger partial charge in [0.15, 0.2) is 6.04 Å². The minimum Gasteiger partial charge on any atom is -0.508 e. The second-order valence-electron chi connectivity index (χ2n) is 5.80. The lowest BCUT2D eigenvalue weighted by atomic mass is 10.0. The maximum Gasteiger partial charge on any atom is 0.331 e. The van der Waals surface area contributed by atoms with E-state index in [9.17, 15) is 24.6 Å². The van der Waals surface area contributed by atoms with Crippen LogP contribution < -0.4 is 16.2 Å². The molecule has 5 N–H and O–H groups in total. The molecule has 9 heteroatoms. The number of urea groups is 1. The molecule has 1 aromatic carbocycles. The summed E-state index contributed by atoms with van der Waals surface area (Å²) in [6.07, 6.45) is 3.01. The van der Waals surface area contributed by atoms with E-state index in [0.717, 1.165) is 19.0 Å². The van der Waals surface area contributed by atoms with Gasteiger partial charge in [-0.15, -0.1) is 0 Å². The number of benzene rings is 1. The van der Waals surface area contributed by atoms with Gasteiger partial charge in [0.25, 0.3) is 5.56 Å². The number of nitrogens with zero attached hydrogens (tertiary/aromatic N) is 2. The van der Waals surface area contributed by atoms with Gasteiger partial charge in [-0.2, -0.15) is 0 Å². The number of nitrogens with one attached hydrogen (secondary N) is 1. The number of carboxylic acid groups (broad SMARTS) is 1. The highest BCUT2D eigenvalue weighted by Gasteiger charge is 2.34. The summed E-state index contributed by atoms with van der Waals surface area (Å²) in [7, 11) is 0. The fourth-order valence-corrected chi connectivity index (χ4v) is 2.58. The van der Waals surface area contributed by atoms with Crippen molar-refractivity contribution in [1.82, 2.24) is 9.97 Å². The number of aromatic amines is 1. The van der Waals surface area contributed by atoms with Crippen LogP contribution in [0.2, 0.25) is 0 Å². The van der Waals surface area contributed by atoms with Crippen molar-refractivity contribution in [1.29, 1.82) is 0 Å². The molecule has 0 spiro atoms. The summed E-state index contributed by atoms with van der Waals surface area (Å²) in [6.45, 7) is 0. The fourth-order valence-electron chi connectivity index (χ4n) is 2.58. The van der Waals surface area contributed by atoms with E-state index in [0.29, 0.717) is 10.7 Å². The van der Waals surface area contributed by atoms with Crippen LogP contribution in [0.25, 0.3) is 0 Å². The average molecular weight is 344 g/mol. The summed E-state index contributed by atoms with van der Waals surface area (Å²) in [6, 6.07) is 2.60. The average Bonchev–Trinajstić information content (AvgIpc) is 3.38. The summed E-state index contributed by atoms with van der Waals surface area (Å²) in [5, 5.41) is 18.9. The molecule has 9 nitrogen and oxygen atoms in total. The Labute approximate surface area is 141 Å². The molecule has 1 aliphatic rings. The Bertz CT molecular complexity index is 873. The number of amides is 2. The molecule has 1 atom stereocenters. The van der Waals surface area contributed by atoms with Gasteiger partial charge in [-0.3, -0.25) is 9.69 Å². The Hall–Kier alpha value is -3.36. The third kappa shape index (κ3) is 3.30. The number of aliphatic carboxylic acids is 1. The van der Waals surface area contributed by atoms with Gasteiger partial charge in [0, 0.05) is 5.92 Å². The van der Waals surface area contributed by atoms with Gasteiger partial charge < -0.3 is 20.9 Å². The number of hydrogen-bond acceptors (Lipinski definition) is 5. The van der Waals surface area contributed by atoms with E-state index in [1.54, 1.807) is 0 Å². The van der Waals surface area contributed by atoms with E-state index < -0.39 is 23.6 Å². The first-order chi connectivity index (χ1) is 11.9. The fraction of sp³-hybridized carbons (Fsp3) is 0.250. The van der Waals surface area contributed by atoms with Crippen molar-refractivity contribution < 1.29 is 19.8 Å². The van der Waals surface area contributed by atoms with Crippen LogP contribution >= 0.6 is 0 Å². The van der Waals surface area contributed by atoms with Crippen molar-refractivity contribution >= 4 is 17.7 Å². The number of aromatic hydroxyl groups is 1. The first kappa shape index (κ1) is 16.5. The smallest absolute Gasteiger partial charge is 0.331 e. The summed E-state index contributed by atoms with van der Waals surface area (Å²) >= 11 is 0. The molecule has 3 rings (SSSR count). The van der Waals surface area contributed by atoms with Gasteiger partial charge in [-0.25, -0.2) is 14.6 Å². The third-order valence-corrected chi connectivity index (χ3v) is 3.96. The lowest BCUT2D eigenvalue weighted by Gasteiger charge is -2.26. The Kier molecular flexibility index (Phi) is 4.14. The normalized spacial score (nSPS) is 14.7. The molecule has 1 fully saturated rings. The van der Waals surface area contributed by atoms with Crippen molar-refractivity contribution in [2.24, 2.45) is 5.73 Å². The zero-order chi connectivity index (χ0) is 18.1. The summed E-state index contributed by atoms with van der Waals surface area (Å²) in [4.78, 5) is 43.4. The number of phenols is 1. The lowest BCUT2D eigenvalue weighted by molar-refractivity contribution is -0.138. The van der Waals surface area contributed by atoms with Crippen molar-refractivity contribution in [3.8, 4) is 5.75 Å². The van der Waals surface area contributed by atoms with Crippen LogP contribution in [0, 0.1) is 0 Å². The third-order valence-electron chi connectivity index (χ3n) is 3.96. The van der Waals surface area contributed by atoms with Gasteiger partial charge in [0.1, 0.15) is 17.3 Å². The molecule has 2 amide bonds. The summed E-state index contributed by atoms with van der Waals surface area (Å²) in [5.41, 5.74) is 4.63. The molecule has 130 valence electrons. The van der Waals surface area contributed by atoms with Crippen molar-refractivity contribution in [3.63, 3.8) is 0 Å². The lowest BCUT2D eigenvalue weighted by Crippen LogP contribution is -2.45. The largest absolute Gasteiger partial charge is 0.508 e. The molecule has 1 aliphatic carbocycles. The van der Waals surface area contributed by atoms with Crippen molar-refractivity contribution in [2.45, 2.75) is 24.8 Å². The van der Waals surface area contributed by atoms with E-state index in [1.165, 1.54) is 24.3 Å². The molecule has 0 bridgehead atoms. The molecule has 1 heterocycles. The standard InChI is InChI=1S/C16H16N4O5/c17-16(25)20(11-7-18-13(9-1-2-9)19-14(11)22)12(15(23)24)8-3-5-10(21)6-4-8/h3-7,9,12,21H,1-2H2,(H2,17,25)(H,23,24)(H,18,19,22). The number of aromatic nitrogens is 2. The van der Waals surface area contributed by atoms with E-state index in [1.807, 2.05) is 0 Å². The number of nitrogens with two attached hydrogens (primary N) is 1. The predicted molar refractivity (Wildman–Crippen MR) is 87.4 cm³/mol. The number of H-pyrrole nitrogens is 1. The summed E-state index contributed by atoms with van der Waals surface area (Å²) < 4.78 is 0. The maximum absolute atomic E-state index is 12.4. The van der Waals surface area contributed by atoms with E-state index in [4.69, 9.17) is 5.73 Å². The highest BCUT2D eigenvalue weighted by atomic mass is 16.4. The van der Waals surface area contributed by atoms with Crippen LogP contribution in [-0.2, 0) is 4.79 Å². The highest BCUT2D eigenvalue weighted by Crippen LogP contribution is 2.37. The van der Waals surface area contributed by atoms with Crippen LogP contribution in [0.3, 0.4) is 0 Å². The molecular formula is C16H16N4O5. The van der Waals surface area contributed by atoms with E-state index >= 15 is 0 Å². The monoisotopic (exact) mass is 344 g/mol. The molecule has 1 unspecified atom stereocenters.